The standard InChI is InChI=1S/C20H18BrNO6/c1-25-15-6-10(13(21)9-18(15)28-4)5-14-11-7-16(26-2)17(27-3)8-12(11)19(23)20(24)22-14/h5-9H,1-4H3,(H,22,24)/b14-5-. The second kappa shape index (κ2) is 7.93. The zero-order valence-electron chi connectivity index (χ0n) is 15.7. The Morgan fingerprint density at radius 3 is 1.86 bits per heavy atom. The molecule has 8 heteroatoms. The number of benzene rings is 2. The molecule has 0 radical (unpaired) electrons. The molecule has 1 aliphatic heterocycles. The minimum atomic E-state index is -0.720. The van der Waals surface area contributed by atoms with Crippen molar-refractivity contribution >= 4 is 39.4 Å². The maximum atomic E-state index is 12.4. The average molecular weight is 448 g/mol. The second-order valence-electron chi connectivity index (χ2n) is 5.82. The molecule has 0 fully saturated rings. The van der Waals surface area contributed by atoms with Crippen LogP contribution in [0.3, 0.4) is 0 Å². The van der Waals surface area contributed by atoms with E-state index < -0.39 is 11.7 Å². The van der Waals surface area contributed by atoms with Crippen LogP contribution in [0, 0.1) is 0 Å². The van der Waals surface area contributed by atoms with Crippen LogP contribution in [0.5, 0.6) is 23.0 Å². The van der Waals surface area contributed by atoms with Crippen molar-refractivity contribution in [2.45, 2.75) is 0 Å². The highest BCUT2D eigenvalue weighted by molar-refractivity contribution is 9.10. The van der Waals surface area contributed by atoms with E-state index in [0.29, 0.717) is 34.3 Å². The van der Waals surface area contributed by atoms with Crippen molar-refractivity contribution in [3.05, 3.63) is 45.4 Å². The molecular weight excluding hydrogens is 430 g/mol. The molecule has 0 saturated carbocycles. The molecule has 28 heavy (non-hydrogen) atoms. The Hall–Kier alpha value is -3.00. The second-order valence-corrected chi connectivity index (χ2v) is 6.68. The van der Waals surface area contributed by atoms with E-state index in [9.17, 15) is 9.59 Å². The SMILES string of the molecule is COc1cc(Br)c(/C=C2\NC(=O)C(=O)c3cc(OC)c(OC)cc32)cc1OC. The number of fused-ring (bicyclic) bond motifs is 1. The monoisotopic (exact) mass is 447 g/mol. The summed E-state index contributed by atoms with van der Waals surface area (Å²) in [6.07, 6.45) is 1.74. The number of rotatable bonds is 5. The number of methoxy groups -OCH3 is 4. The van der Waals surface area contributed by atoms with Crippen molar-refractivity contribution in [1.29, 1.82) is 0 Å². The van der Waals surface area contributed by atoms with E-state index in [1.165, 1.54) is 27.4 Å². The number of halogens is 1. The van der Waals surface area contributed by atoms with Crippen LogP contribution in [0.15, 0.2) is 28.7 Å². The van der Waals surface area contributed by atoms with Crippen LogP contribution in [0.25, 0.3) is 11.8 Å². The molecule has 0 unspecified atom stereocenters. The smallest absolute Gasteiger partial charge is 0.296 e. The third-order valence-corrected chi connectivity index (χ3v) is 5.00. The van der Waals surface area contributed by atoms with Gasteiger partial charge in [0.15, 0.2) is 23.0 Å². The van der Waals surface area contributed by atoms with Crippen molar-refractivity contribution in [3.8, 4) is 23.0 Å². The molecule has 0 spiro atoms. The van der Waals surface area contributed by atoms with Gasteiger partial charge in [0.05, 0.1) is 28.4 Å². The van der Waals surface area contributed by atoms with Crippen molar-refractivity contribution in [2.24, 2.45) is 0 Å². The van der Waals surface area contributed by atoms with Gasteiger partial charge in [0, 0.05) is 21.3 Å². The van der Waals surface area contributed by atoms with Gasteiger partial charge in [0.25, 0.3) is 11.7 Å². The van der Waals surface area contributed by atoms with Gasteiger partial charge in [-0.05, 0) is 35.9 Å². The first kappa shape index (κ1) is 19.8. The minimum absolute atomic E-state index is 0.240. The maximum Gasteiger partial charge on any atom is 0.296 e. The van der Waals surface area contributed by atoms with Gasteiger partial charge in [-0.15, -0.1) is 0 Å². The lowest BCUT2D eigenvalue weighted by molar-refractivity contribution is -0.116. The summed E-state index contributed by atoms with van der Waals surface area (Å²) >= 11 is 3.49. The van der Waals surface area contributed by atoms with Gasteiger partial charge < -0.3 is 24.3 Å². The molecule has 1 amide bonds. The number of ketones is 1. The van der Waals surface area contributed by atoms with Crippen molar-refractivity contribution in [2.75, 3.05) is 28.4 Å². The summed E-state index contributed by atoms with van der Waals surface area (Å²) in [5.41, 5.74) is 1.95. The molecule has 146 valence electrons. The molecule has 7 nitrogen and oxygen atoms in total. The molecule has 0 atom stereocenters. The van der Waals surface area contributed by atoms with Crippen molar-refractivity contribution in [3.63, 3.8) is 0 Å². The fourth-order valence-corrected chi connectivity index (χ4v) is 3.35. The van der Waals surface area contributed by atoms with E-state index in [2.05, 4.69) is 21.2 Å². The Bertz CT molecular complexity index is 999. The lowest BCUT2D eigenvalue weighted by Gasteiger charge is -2.21. The molecular formula is C20H18BrNO6. The van der Waals surface area contributed by atoms with E-state index in [1.807, 2.05) is 0 Å². The first-order valence-corrected chi connectivity index (χ1v) is 8.98. The van der Waals surface area contributed by atoms with Crippen LogP contribution < -0.4 is 24.3 Å². The van der Waals surface area contributed by atoms with Crippen LogP contribution in [0.2, 0.25) is 0 Å². The van der Waals surface area contributed by atoms with Crippen LogP contribution in [-0.2, 0) is 4.79 Å². The molecule has 1 N–H and O–H groups in total. The number of nitrogens with one attached hydrogen (secondary N) is 1. The number of hydrogen-bond donors (Lipinski definition) is 1. The summed E-state index contributed by atoms with van der Waals surface area (Å²) in [7, 11) is 6.05. The summed E-state index contributed by atoms with van der Waals surface area (Å²) in [5, 5.41) is 2.64. The molecule has 0 saturated heterocycles. The molecule has 2 aromatic carbocycles. The molecule has 1 aliphatic rings. The quantitative estimate of drug-likeness (QED) is 0.707. The zero-order valence-corrected chi connectivity index (χ0v) is 17.3. The summed E-state index contributed by atoms with van der Waals surface area (Å²) in [5.74, 6) is 0.551. The molecule has 0 aliphatic carbocycles. The maximum absolute atomic E-state index is 12.4. The van der Waals surface area contributed by atoms with Crippen molar-refractivity contribution in [1.82, 2.24) is 5.32 Å². The summed E-state index contributed by atoms with van der Waals surface area (Å²) in [6, 6.07) is 6.69. The number of hydrogen-bond acceptors (Lipinski definition) is 6. The summed E-state index contributed by atoms with van der Waals surface area (Å²) < 4.78 is 21.9. The zero-order chi connectivity index (χ0) is 20.4. The summed E-state index contributed by atoms with van der Waals surface area (Å²) in [4.78, 5) is 24.5. The van der Waals surface area contributed by atoms with Crippen LogP contribution in [0.4, 0.5) is 0 Å². The largest absolute Gasteiger partial charge is 0.493 e. The lowest BCUT2D eigenvalue weighted by atomic mass is 9.94. The Labute approximate surface area is 170 Å². The van der Waals surface area contributed by atoms with Gasteiger partial charge in [0.2, 0.25) is 0 Å². The van der Waals surface area contributed by atoms with Crippen LogP contribution >= 0.6 is 15.9 Å². The number of carbonyl (C=O) groups is 2. The Morgan fingerprint density at radius 1 is 0.786 bits per heavy atom. The van der Waals surface area contributed by atoms with Gasteiger partial charge in [-0.25, -0.2) is 0 Å². The highest BCUT2D eigenvalue weighted by Gasteiger charge is 2.30. The first-order valence-electron chi connectivity index (χ1n) is 8.18. The molecule has 1 heterocycles. The Morgan fingerprint density at radius 2 is 1.29 bits per heavy atom. The first-order chi connectivity index (χ1) is 13.4. The van der Waals surface area contributed by atoms with E-state index in [1.54, 1.807) is 31.4 Å². The van der Waals surface area contributed by atoms with Crippen molar-refractivity contribution < 1.29 is 28.5 Å². The van der Waals surface area contributed by atoms with Crippen LogP contribution in [0.1, 0.15) is 21.5 Å². The molecule has 0 aromatic heterocycles. The highest BCUT2D eigenvalue weighted by Crippen LogP contribution is 2.38. The number of amides is 1. The van der Waals surface area contributed by atoms with E-state index in [-0.39, 0.29) is 5.56 Å². The number of Topliss-reactive ketones (excluding diaryl/α,β-unsaturated/α-hetero) is 1. The minimum Gasteiger partial charge on any atom is -0.493 e. The van der Waals surface area contributed by atoms with Gasteiger partial charge >= 0.3 is 0 Å². The number of carbonyl (C=O) groups excluding carboxylic acids is 2. The normalized spacial score (nSPS) is 14.4. The topological polar surface area (TPSA) is 83.1 Å². The highest BCUT2D eigenvalue weighted by atomic mass is 79.9. The molecule has 3 rings (SSSR count). The van der Waals surface area contributed by atoms with Gasteiger partial charge in [-0.1, -0.05) is 15.9 Å². The van der Waals surface area contributed by atoms with E-state index >= 15 is 0 Å². The fraction of sp³-hybridized carbons (Fsp3) is 0.200. The Balaban J connectivity index is 2.20. The third-order valence-electron chi connectivity index (χ3n) is 4.32. The predicted octanol–water partition coefficient (Wildman–Crippen LogP) is 3.29. The van der Waals surface area contributed by atoms with Gasteiger partial charge in [-0.2, -0.15) is 0 Å². The average Bonchev–Trinajstić information content (AvgIpc) is 2.71. The lowest BCUT2D eigenvalue weighted by Crippen LogP contribution is -2.35. The number of ether oxygens (including phenoxy) is 4. The molecule has 2 aromatic rings. The van der Waals surface area contributed by atoms with Gasteiger partial charge in [0.1, 0.15) is 0 Å². The van der Waals surface area contributed by atoms with Gasteiger partial charge in [-0.3, -0.25) is 9.59 Å². The molecule has 0 bridgehead atoms. The van der Waals surface area contributed by atoms with E-state index in [4.69, 9.17) is 18.9 Å². The Kier molecular flexibility index (Phi) is 5.60. The third kappa shape index (κ3) is 3.43. The predicted molar refractivity (Wildman–Crippen MR) is 107 cm³/mol. The van der Waals surface area contributed by atoms with Crippen LogP contribution in [-0.4, -0.2) is 40.1 Å². The van der Waals surface area contributed by atoms with E-state index in [0.717, 1.165) is 10.0 Å². The fourth-order valence-electron chi connectivity index (χ4n) is 2.91. The summed E-state index contributed by atoms with van der Waals surface area (Å²) in [6.45, 7) is 0.